The highest BCUT2D eigenvalue weighted by atomic mass is 79.9. The van der Waals surface area contributed by atoms with Gasteiger partial charge in [0.25, 0.3) is 0 Å². The molecule has 0 aliphatic carbocycles. The number of hydrogen-bond acceptors (Lipinski definition) is 6. The van der Waals surface area contributed by atoms with E-state index in [4.69, 9.17) is 37.6 Å². The second-order valence-corrected chi connectivity index (χ2v) is 5.73. The van der Waals surface area contributed by atoms with E-state index in [0.29, 0.717) is 35.2 Å². The smallest absolute Gasteiger partial charge is 0.346 e. The zero-order valence-corrected chi connectivity index (χ0v) is 14.7. The minimum Gasteiger partial charge on any atom is -0.464 e. The van der Waals surface area contributed by atoms with Gasteiger partial charge >= 0.3 is 11.6 Å². The highest BCUT2D eigenvalue weighted by Gasteiger charge is 2.13. The summed E-state index contributed by atoms with van der Waals surface area (Å²) in [5, 5.41) is 8.23. The molecule has 0 unspecified atom stereocenters. The Balaban J connectivity index is 0.00000242. The third-order valence-corrected chi connectivity index (χ3v) is 3.81. The predicted molar refractivity (Wildman–Crippen MR) is 96.7 cm³/mol. The molecular weight excluding hydrogens is 394 g/mol. The van der Waals surface area contributed by atoms with Gasteiger partial charge in [-0.25, -0.2) is 4.79 Å². The van der Waals surface area contributed by atoms with E-state index < -0.39 is 5.63 Å². The number of rotatable bonds is 5. The van der Waals surface area contributed by atoms with Crippen molar-refractivity contribution in [3.8, 4) is 5.95 Å². The monoisotopic (exact) mass is 407 g/mol. The number of benzene rings is 1. The SMILES string of the molecule is Br.N=C(N)SCCCOc1oc(=O)c2cc(N)ccc2c1Cl. The molecule has 0 spiro atoms. The van der Waals surface area contributed by atoms with Crippen LogP contribution in [-0.2, 0) is 0 Å². The van der Waals surface area contributed by atoms with E-state index in [1.165, 1.54) is 17.8 Å². The molecule has 0 amide bonds. The van der Waals surface area contributed by atoms with Crippen LogP contribution in [-0.4, -0.2) is 17.5 Å². The lowest BCUT2D eigenvalue weighted by molar-refractivity contribution is 0.233. The molecule has 120 valence electrons. The molecule has 0 atom stereocenters. The van der Waals surface area contributed by atoms with Crippen LogP contribution in [0.1, 0.15) is 6.42 Å². The third-order valence-electron chi connectivity index (χ3n) is 2.64. The van der Waals surface area contributed by atoms with Crippen LogP contribution < -0.4 is 21.8 Å². The van der Waals surface area contributed by atoms with Crippen molar-refractivity contribution in [3.05, 3.63) is 33.6 Å². The van der Waals surface area contributed by atoms with Crippen LogP contribution in [0.4, 0.5) is 5.69 Å². The predicted octanol–water partition coefficient (Wildman–Crippen LogP) is 3.00. The minimum absolute atomic E-state index is 0. The average molecular weight is 409 g/mol. The van der Waals surface area contributed by atoms with Crippen LogP contribution in [0.5, 0.6) is 5.95 Å². The summed E-state index contributed by atoms with van der Waals surface area (Å²) in [5.41, 5.74) is 10.8. The van der Waals surface area contributed by atoms with Crippen LogP contribution in [0.15, 0.2) is 27.4 Å². The maximum atomic E-state index is 11.9. The Morgan fingerprint density at radius 1 is 1.41 bits per heavy atom. The molecule has 1 heterocycles. The van der Waals surface area contributed by atoms with E-state index in [1.807, 2.05) is 0 Å². The van der Waals surface area contributed by atoms with Gasteiger partial charge in [0, 0.05) is 16.8 Å². The number of nitrogen functional groups attached to an aromatic ring is 1. The van der Waals surface area contributed by atoms with Crippen molar-refractivity contribution in [2.45, 2.75) is 6.42 Å². The van der Waals surface area contributed by atoms with Gasteiger partial charge in [-0.3, -0.25) is 5.41 Å². The van der Waals surface area contributed by atoms with Crippen molar-refractivity contribution in [2.75, 3.05) is 18.1 Å². The fourth-order valence-corrected chi connectivity index (χ4v) is 2.45. The summed E-state index contributed by atoms with van der Waals surface area (Å²) in [4.78, 5) is 11.9. The summed E-state index contributed by atoms with van der Waals surface area (Å²) in [7, 11) is 0. The number of amidine groups is 1. The van der Waals surface area contributed by atoms with Gasteiger partial charge in [-0.1, -0.05) is 29.4 Å². The minimum atomic E-state index is -0.546. The molecule has 0 radical (unpaired) electrons. The van der Waals surface area contributed by atoms with Crippen molar-refractivity contribution >= 4 is 62.0 Å². The van der Waals surface area contributed by atoms with Crippen LogP contribution in [0.3, 0.4) is 0 Å². The van der Waals surface area contributed by atoms with Crippen molar-refractivity contribution in [3.63, 3.8) is 0 Å². The molecule has 2 aromatic rings. The second kappa shape index (κ2) is 8.30. The molecule has 0 saturated heterocycles. The maximum absolute atomic E-state index is 11.9. The van der Waals surface area contributed by atoms with E-state index in [0.717, 1.165) is 0 Å². The van der Waals surface area contributed by atoms with Gasteiger partial charge in [0.1, 0.15) is 5.02 Å². The molecule has 0 aliphatic rings. The summed E-state index contributed by atoms with van der Waals surface area (Å²) in [6.07, 6.45) is 0.643. The van der Waals surface area contributed by atoms with Crippen molar-refractivity contribution < 1.29 is 9.15 Å². The molecule has 9 heteroatoms. The molecule has 0 fully saturated rings. The Bertz CT molecular complexity index is 738. The Morgan fingerprint density at radius 2 is 2.14 bits per heavy atom. The van der Waals surface area contributed by atoms with Gasteiger partial charge in [-0.2, -0.15) is 0 Å². The average Bonchev–Trinajstić information content (AvgIpc) is 2.43. The van der Waals surface area contributed by atoms with Crippen molar-refractivity contribution in [1.29, 1.82) is 5.41 Å². The fourth-order valence-electron chi connectivity index (χ4n) is 1.71. The van der Waals surface area contributed by atoms with Crippen LogP contribution in [0, 0.1) is 5.41 Å². The number of thioether (sulfide) groups is 1. The molecule has 22 heavy (non-hydrogen) atoms. The Labute approximate surface area is 146 Å². The Hall–Kier alpha value is -1.38. The molecule has 6 nitrogen and oxygen atoms in total. The largest absolute Gasteiger partial charge is 0.464 e. The summed E-state index contributed by atoms with van der Waals surface area (Å²) in [6.45, 7) is 0.309. The second-order valence-electron chi connectivity index (χ2n) is 4.21. The van der Waals surface area contributed by atoms with E-state index in [1.54, 1.807) is 12.1 Å². The van der Waals surface area contributed by atoms with Gasteiger partial charge in [0.15, 0.2) is 5.17 Å². The fraction of sp³-hybridized carbons (Fsp3) is 0.231. The Morgan fingerprint density at radius 3 is 2.82 bits per heavy atom. The van der Waals surface area contributed by atoms with Crippen LogP contribution in [0.25, 0.3) is 10.8 Å². The lowest BCUT2D eigenvalue weighted by Crippen LogP contribution is -2.08. The molecule has 5 N–H and O–H groups in total. The number of fused-ring (bicyclic) bond motifs is 1. The zero-order valence-electron chi connectivity index (χ0n) is 11.4. The van der Waals surface area contributed by atoms with E-state index >= 15 is 0 Å². The zero-order chi connectivity index (χ0) is 15.4. The van der Waals surface area contributed by atoms with Crippen molar-refractivity contribution in [2.24, 2.45) is 5.73 Å². The van der Waals surface area contributed by atoms with Gasteiger partial charge in [0.2, 0.25) is 0 Å². The highest BCUT2D eigenvalue weighted by Crippen LogP contribution is 2.31. The molecule has 2 rings (SSSR count). The normalized spacial score (nSPS) is 10.2. The standard InChI is InChI=1S/C13H14ClN3O3S.BrH/c14-10-8-3-2-7(15)6-9(8)11(18)20-12(10)19-4-1-5-21-13(16)17;/h2-3,6H,1,4-5,15H2,(H3,16,17);1H. The number of nitrogens with two attached hydrogens (primary N) is 2. The number of anilines is 1. The third kappa shape index (κ3) is 4.56. The first-order chi connectivity index (χ1) is 9.99. The lowest BCUT2D eigenvalue weighted by Gasteiger charge is -2.08. The first-order valence-corrected chi connectivity index (χ1v) is 7.47. The van der Waals surface area contributed by atoms with E-state index in [2.05, 4.69) is 0 Å². The summed E-state index contributed by atoms with van der Waals surface area (Å²) >= 11 is 7.39. The molecule has 0 bridgehead atoms. The van der Waals surface area contributed by atoms with Gasteiger partial charge in [-0.05, 0) is 18.6 Å². The summed E-state index contributed by atoms with van der Waals surface area (Å²) in [5.74, 6) is 0.633. The summed E-state index contributed by atoms with van der Waals surface area (Å²) in [6, 6.07) is 4.82. The number of ether oxygens (including phenoxy) is 1. The first kappa shape index (κ1) is 18.7. The summed E-state index contributed by atoms with van der Waals surface area (Å²) < 4.78 is 10.4. The highest BCUT2D eigenvalue weighted by molar-refractivity contribution is 8.93. The van der Waals surface area contributed by atoms with Gasteiger partial charge in [0.05, 0.1) is 12.0 Å². The van der Waals surface area contributed by atoms with E-state index in [9.17, 15) is 4.79 Å². The Kier molecular flexibility index (Phi) is 7.05. The number of halogens is 2. The molecule has 0 aliphatic heterocycles. The van der Waals surface area contributed by atoms with Gasteiger partial charge < -0.3 is 20.6 Å². The van der Waals surface area contributed by atoms with E-state index in [-0.39, 0.29) is 33.1 Å². The molecule has 1 aromatic carbocycles. The topological polar surface area (TPSA) is 115 Å². The van der Waals surface area contributed by atoms with Gasteiger partial charge in [-0.15, -0.1) is 17.0 Å². The first-order valence-electron chi connectivity index (χ1n) is 6.10. The maximum Gasteiger partial charge on any atom is 0.346 e. The number of nitrogens with one attached hydrogen (secondary N) is 1. The quantitative estimate of drug-likeness (QED) is 0.303. The van der Waals surface area contributed by atoms with Crippen LogP contribution >= 0.6 is 40.3 Å². The van der Waals surface area contributed by atoms with Crippen molar-refractivity contribution in [1.82, 2.24) is 0 Å². The molecule has 1 aromatic heterocycles. The lowest BCUT2D eigenvalue weighted by atomic mass is 10.1. The molecular formula is C13H15BrClN3O3S. The molecule has 0 saturated carbocycles. The number of hydrogen-bond donors (Lipinski definition) is 3. The van der Waals surface area contributed by atoms with Crippen LogP contribution in [0.2, 0.25) is 5.02 Å².